The summed E-state index contributed by atoms with van der Waals surface area (Å²) in [6.45, 7) is 1.40. The molecule has 1 aromatic heterocycles. The topological polar surface area (TPSA) is 83.7 Å². The third-order valence-corrected chi connectivity index (χ3v) is 5.40. The van der Waals surface area contributed by atoms with Crippen LogP contribution in [0.15, 0.2) is 23.0 Å². The SMILES string of the molecule is CN(C(=O)Nc1ccc(F)c(Cl)c1)[C@H]1COCc2[nH]c(=O)c3c(c21)COCC3. The van der Waals surface area contributed by atoms with Crippen LogP contribution in [0.2, 0.25) is 5.02 Å². The van der Waals surface area contributed by atoms with Gasteiger partial charge in [-0.15, -0.1) is 0 Å². The Morgan fingerprint density at radius 3 is 2.93 bits per heavy atom. The fraction of sp³-hybridized carbons (Fsp3) is 0.368. The number of carbonyl (C=O) groups excluding carboxylic acids is 1. The Morgan fingerprint density at radius 1 is 1.32 bits per heavy atom. The lowest BCUT2D eigenvalue weighted by Gasteiger charge is -2.35. The van der Waals surface area contributed by atoms with Crippen LogP contribution in [0.4, 0.5) is 14.9 Å². The first-order valence-corrected chi connectivity index (χ1v) is 9.24. The predicted octanol–water partition coefficient (Wildman–Crippen LogP) is 2.98. The molecule has 0 saturated heterocycles. The van der Waals surface area contributed by atoms with Gasteiger partial charge in [-0.05, 0) is 23.8 Å². The summed E-state index contributed by atoms with van der Waals surface area (Å²) in [7, 11) is 1.64. The van der Waals surface area contributed by atoms with E-state index in [1.54, 1.807) is 7.05 Å². The Labute approximate surface area is 165 Å². The Kier molecular flexibility index (Phi) is 5.09. The number of carbonyl (C=O) groups is 1. The van der Waals surface area contributed by atoms with Gasteiger partial charge in [0.05, 0.1) is 37.5 Å². The molecule has 1 atom stereocenters. The van der Waals surface area contributed by atoms with Gasteiger partial charge in [0.15, 0.2) is 0 Å². The molecule has 2 aromatic rings. The van der Waals surface area contributed by atoms with Crippen LogP contribution in [-0.4, -0.2) is 36.2 Å². The van der Waals surface area contributed by atoms with E-state index in [1.165, 1.54) is 23.1 Å². The highest BCUT2D eigenvalue weighted by Crippen LogP contribution is 2.33. The summed E-state index contributed by atoms with van der Waals surface area (Å²) in [5.74, 6) is -0.557. The van der Waals surface area contributed by atoms with E-state index in [4.69, 9.17) is 21.1 Å². The average molecular weight is 408 g/mol. The van der Waals surface area contributed by atoms with Crippen molar-refractivity contribution in [3.8, 4) is 0 Å². The van der Waals surface area contributed by atoms with E-state index in [0.29, 0.717) is 43.2 Å². The number of likely N-dealkylation sites (N-methyl/N-ethyl adjacent to an activating group) is 1. The first-order chi connectivity index (χ1) is 13.5. The highest BCUT2D eigenvalue weighted by molar-refractivity contribution is 6.31. The fourth-order valence-corrected chi connectivity index (χ4v) is 3.82. The molecule has 0 aliphatic carbocycles. The zero-order chi connectivity index (χ0) is 19.8. The molecule has 2 aliphatic heterocycles. The zero-order valence-corrected chi connectivity index (χ0v) is 15.9. The van der Waals surface area contributed by atoms with Crippen LogP contribution >= 0.6 is 11.6 Å². The monoisotopic (exact) mass is 407 g/mol. The van der Waals surface area contributed by atoms with Gasteiger partial charge in [-0.2, -0.15) is 0 Å². The molecule has 0 fully saturated rings. The highest BCUT2D eigenvalue weighted by Gasteiger charge is 2.33. The molecular weight excluding hydrogens is 389 g/mol. The highest BCUT2D eigenvalue weighted by atomic mass is 35.5. The molecule has 2 aliphatic rings. The van der Waals surface area contributed by atoms with Gasteiger partial charge in [0, 0.05) is 36.0 Å². The summed E-state index contributed by atoms with van der Waals surface area (Å²) in [4.78, 5) is 29.5. The third-order valence-electron chi connectivity index (χ3n) is 5.11. The summed E-state index contributed by atoms with van der Waals surface area (Å²) in [5.41, 5.74) is 3.32. The van der Waals surface area contributed by atoms with Crippen LogP contribution in [0.25, 0.3) is 0 Å². The van der Waals surface area contributed by atoms with Crippen LogP contribution in [-0.2, 0) is 29.1 Å². The number of fused-ring (bicyclic) bond motifs is 3. The Balaban J connectivity index is 1.64. The summed E-state index contributed by atoms with van der Waals surface area (Å²) in [6, 6.07) is 3.18. The zero-order valence-electron chi connectivity index (χ0n) is 15.2. The van der Waals surface area contributed by atoms with Crippen LogP contribution in [0.3, 0.4) is 0 Å². The number of hydrogen-bond acceptors (Lipinski definition) is 4. The van der Waals surface area contributed by atoms with E-state index in [-0.39, 0.29) is 17.2 Å². The number of pyridine rings is 1. The van der Waals surface area contributed by atoms with Crippen molar-refractivity contribution in [1.82, 2.24) is 9.88 Å². The molecule has 28 heavy (non-hydrogen) atoms. The number of nitrogens with one attached hydrogen (secondary N) is 2. The standard InChI is InChI=1S/C19H19ClFN3O4/c1-24(19(26)22-10-2-3-14(21)13(20)6-10)16-9-28-8-15-17(16)12-7-27-5-4-11(12)18(25)23-15/h2-3,6,16H,4-5,7-9H2,1H3,(H,22,26)(H,23,25)/t16-/m0/s1. The van der Waals surface area contributed by atoms with Crippen molar-refractivity contribution in [2.45, 2.75) is 25.7 Å². The molecule has 7 nitrogen and oxygen atoms in total. The number of aromatic amines is 1. The maximum Gasteiger partial charge on any atom is 0.322 e. The minimum Gasteiger partial charge on any atom is -0.376 e. The van der Waals surface area contributed by atoms with Crippen molar-refractivity contribution in [3.05, 3.63) is 61.8 Å². The lowest BCUT2D eigenvalue weighted by atomic mass is 9.91. The number of anilines is 1. The van der Waals surface area contributed by atoms with Crippen molar-refractivity contribution in [2.24, 2.45) is 0 Å². The Morgan fingerprint density at radius 2 is 2.14 bits per heavy atom. The average Bonchev–Trinajstić information content (AvgIpc) is 2.70. The third kappa shape index (κ3) is 3.39. The second-order valence-electron chi connectivity index (χ2n) is 6.81. The molecule has 0 spiro atoms. The van der Waals surface area contributed by atoms with Crippen LogP contribution in [0.5, 0.6) is 0 Å². The smallest absolute Gasteiger partial charge is 0.322 e. The van der Waals surface area contributed by atoms with Crippen LogP contribution in [0, 0.1) is 5.82 Å². The van der Waals surface area contributed by atoms with E-state index < -0.39 is 17.9 Å². The summed E-state index contributed by atoms with van der Waals surface area (Å²) < 4.78 is 24.5. The maximum absolute atomic E-state index is 13.3. The number of ether oxygens (including phenoxy) is 2. The molecule has 0 bridgehead atoms. The number of rotatable bonds is 2. The van der Waals surface area contributed by atoms with Gasteiger partial charge in [0.25, 0.3) is 5.56 Å². The van der Waals surface area contributed by atoms with Gasteiger partial charge in [-0.1, -0.05) is 11.6 Å². The number of halogens is 2. The quantitative estimate of drug-likeness (QED) is 0.801. The van der Waals surface area contributed by atoms with Gasteiger partial charge >= 0.3 is 6.03 Å². The van der Waals surface area contributed by atoms with Gasteiger partial charge in [0.2, 0.25) is 0 Å². The predicted molar refractivity (Wildman–Crippen MR) is 101 cm³/mol. The van der Waals surface area contributed by atoms with E-state index >= 15 is 0 Å². The number of benzene rings is 1. The lowest BCUT2D eigenvalue weighted by Crippen LogP contribution is -2.41. The van der Waals surface area contributed by atoms with Crippen molar-refractivity contribution in [3.63, 3.8) is 0 Å². The first-order valence-electron chi connectivity index (χ1n) is 8.87. The molecular formula is C19H19ClFN3O4. The van der Waals surface area contributed by atoms with E-state index in [1.807, 2.05) is 0 Å². The molecule has 9 heteroatoms. The normalized spacial score (nSPS) is 18.2. The molecule has 0 saturated carbocycles. The Bertz CT molecular complexity index is 994. The summed E-state index contributed by atoms with van der Waals surface area (Å²) in [5, 5.41) is 2.63. The summed E-state index contributed by atoms with van der Waals surface area (Å²) >= 11 is 5.78. The molecule has 3 heterocycles. The molecule has 1 aromatic carbocycles. The maximum atomic E-state index is 13.3. The van der Waals surface area contributed by atoms with Gasteiger partial charge in [-0.25, -0.2) is 9.18 Å². The van der Waals surface area contributed by atoms with E-state index in [2.05, 4.69) is 10.3 Å². The molecule has 148 valence electrons. The number of aromatic nitrogens is 1. The van der Waals surface area contributed by atoms with Crippen molar-refractivity contribution in [2.75, 3.05) is 25.6 Å². The first kappa shape index (κ1) is 18.9. The van der Waals surface area contributed by atoms with Crippen molar-refractivity contribution >= 4 is 23.3 Å². The number of urea groups is 1. The molecule has 2 amide bonds. The van der Waals surface area contributed by atoms with E-state index in [0.717, 1.165) is 11.1 Å². The van der Waals surface area contributed by atoms with E-state index in [9.17, 15) is 14.0 Å². The van der Waals surface area contributed by atoms with Crippen molar-refractivity contribution in [1.29, 1.82) is 0 Å². The van der Waals surface area contributed by atoms with Crippen molar-refractivity contribution < 1.29 is 18.7 Å². The number of H-pyrrole nitrogens is 1. The molecule has 2 N–H and O–H groups in total. The number of amides is 2. The summed E-state index contributed by atoms with van der Waals surface area (Å²) in [6.07, 6.45) is 0.537. The molecule has 0 unspecified atom stereocenters. The number of hydrogen-bond donors (Lipinski definition) is 2. The molecule has 0 radical (unpaired) electrons. The van der Waals surface area contributed by atoms with Gasteiger partial charge < -0.3 is 24.7 Å². The minimum atomic E-state index is -0.557. The lowest BCUT2D eigenvalue weighted by molar-refractivity contribution is 0.0475. The largest absolute Gasteiger partial charge is 0.376 e. The Hall–Kier alpha value is -2.42. The van der Waals surface area contributed by atoms with Gasteiger partial charge in [-0.3, -0.25) is 4.79 Å². The van der Waals surface area contributed by atoms with Crippen LogP contribution in [0.1, 0.15) is 28.4 Å². The molecule has 4 rings (SSSR count). The van der Waals surface area contributed by atoms with Gasteiger partial charge in [0.1, 0.15) is 5.82 Å². The second kappa shape index (κ2) is 7.54. The van der Waals surface area contributed by atoms with Crippen LogP contribution < -0.4 is 10.9 Å². The second-order valence-corrected chi connectivity index (χ2v) is 7.21. The fourth-order valence-electron chi connectivity index (χ4n) is 3.64. The number of nitrogens with zero attached hydrogens (tertiary/aromatic N) is 1. The minimum absolute atomic E-state index is 0.0735.